The second kappa shape index (κ2) is 3.05. The van der Waals surface area contributed by atoms with Crippen LogP contribution in [-0.4, -0.2) is 4.57 Å². The SMILES string of the molecule is Cc1ccc(-n2[c-][n+](C)cc2)cc1. The number of imidazole rings is 1. The van der Waals surface area contributed by atoms with Gasteiger partial charge in [-0.2, -0.15) is 0 Å². The molecule has 2 aromatic rings. The zero-order valence-corrected chi connectivity index (χ0v) is 7.86. The molecule has 0 fully saturated rings. The van der Waals surface area contributed by atoms with E-state index in [0.29, 0.717) is 0 Å². The van der Waals surface area contributed by atoms with E-state index < -0.39 is 0 Å². The van der Waals surface area contributed by atoms with Crippen molar-refractivity contribution < 1.29 is 4.57 Å². The Hall–Kier alpha value is -1.57. The highest BCUT2D eigenvalue weighted by molar-refractivity contribution is 5.33. The largest absolute Gasteiger partial charge is 0.326 e. The smallest absolute Gasteiger partial charge is 0.243 e. The van der Waals surface area contributed by atoms with Crippen molar-refractivity contribution in [2.24, 2.45) is 7.05 Å². The minimum atomic E-state index is 1.14. The molecule has 0 aliphatic carbocycles. The van der Waals surface area contributed by atoms with Gasteiger partial charge in [-0.3, -0.25) is 0 Å². The molecule has 0 amide bonds. The third-order valence-electron chi connectivity index (χ3n) is 2.02. The topological polar surface area (TPSA) is 8.81 Å². The molecular formula is C11H12N2. The summed E-state index contributed by atoms with van der Waals surface area (Å²) in [5.41, 5.74) is 2.42. The fourth-order valence-electron chi connectivity index (χ4n) is 1.25. The van der Waals surface area contributed by atoms with Crippen molar-refractivity contribution in [3.8, 4) is 5.69 Å². The summed E-state index contributed by atoms with van der Waals surface area (Å²) in [6.45, 7) is 2.09. The van der Waals surface area contributed by atoms with E-state index in [0.717, 1.165) is 5.69 Å². The van der Waals surface area contributed by atoms with E-state index in [4.69, 9.17) is 0 Å². The van der Waals surface area contributed by atoms with Crippen LogP contribution in [0.15, 0.2) is 36.7 Å². The van der Waals surface area contributed by atoms with Crippen LogP contribution in [0, 0.1) is 13.3 Å². The van der Waals surface area contributed by atoms with Crippen LogP contribution in [0.25, 0.3) is 5.69 Å². The maximum absolute atomic E-state index is 3.15. The molecule has 0 saturated carbocycles. The van der Waals surface area contributed by atoms with E-state index in [1.165, 1.54) is 5.56 Å². The highest BCUT2D eigenvalue weighted by Gasteiger charge is 1.94. The molecule has 2 nitrogen and oxygen atoms in total. The number of aryl methyl sites for hydroxylation is 2. The van der Waals surface area contributed by atoms with E-state index in [1.54, 1.807) is 0 Å². The number of nitrogens with zero attached hydrogens (tertiary/aromatic N) is 2. The Bertz CT molecular complexity index is 398. The molecule has 0 unspecified atom stereocenters. The average Bonchev–Trinajstić information content (AvgIpc) is 2.53. The van der Waals surface area contributed by atoms with Gasteiger partial charge in [0.15, 0.2) is 0 Å². The maximum Gasteiger partial charge on any atom is 0.243 e. The number of hydrogen-bond acceptors (Lipinski definition) is 0. The lowest BCUT2D eigenvalue weighted by atomic mass is 10.2. The summed E-state index contributed by atoms with van der Waals surface area (Å²) in [7, 11) is 1.96. The summed E-state index contributed by atoms with van der Waals surface area (Å²) in [5, 5.41) is 0. The van der Waals surface area contributed by atoms with Crippen molar-refractivity contribution in [1.82, 2.24) is 4.57 Å². The number of rotatable bonds is 1. The van der Waals surface area contributed by atoms with Crippen molar-refractivity contribution in [2.75, 3.05) is 0 Å². The molecule has 2 heteroatoms. The summed E-state index contributed by atoms with van der Waals surface area (Å²) in [4.78, 5) is 0. The van der Waals surface area contributed by atoms with Gasteiger partial charge in [-0.1, -0.05) is 29.8 Å². The van der Waals surface area contributed by atoms with Crippen LogP contribution in [0.1, 0.15) is 5.56 Å². The van der Waals surface area contributed by atoms with Gasteiger partial charge in [0.1, 0.15) is 0 Å². The first-order valence-corrected chi connectivity index (χ1v) is 4.29. The van der Waals surface area contributed by atoms with Crippen LogP contribution < -0.4 is 4.57 Å². The molecular weight excluding hydrogens is 160 g/mol. The number of hydrogen-bond donors (Lipinski definition) is 0. The van der Waals surface area contributed by atoms with Gasteiger partial charge in [-0.25, -0.2) is 0 Å². The normalized spacial score (nSPS) is 10.3. The van der Waals surface area contributed by atoms with Gasteiger partial charge in [0.05, 0.1) is 12.7 Å². The van der Waals surface area contributed by atoms with Gasteiger partial charge < -0.3 is 9.13 Å². The van der Waals surface area contributed by atoms with Crippen LogP contribution in [0.4, 0.5) is 0 Å². The third-order valence-corrected chi connectivity index (χ3v) is 2.02. The zero-order valence-electron chi connectivity index (χ0n) is 7.86. The van der Waals surface area contributed by atoms with Crippen LogP contribution in [0.5, 0.6) is 0 Å². The number of benzene rings is 1. The predicted molar refractivity (Wildman–Crippen MR) is 50.5 cm³/mol. The molecule has 0 aliphatic heterocycles. The quantitative estimate of drug-likeness (QED) is 0.454. The van der Waals surface area contributed by atoms with E-state index in [2.05, 4.69) is 37.5 Å². The highest BCUT2D eigenvalue weighted by atomic mass is 15.1. The van der Waals surface area contributed by atoms with Gasteiger partial charge in [0.25, 0.3) is 0 Å². The first-order chi connectivity index (χ1) is 6.25. The molecule has 1 aromatic heterocycles. The second-order valence-corrected chi connectivity index (χ2v) is 3.21. The molecule has 1 aromatic carbocycles. The van der Waals surface area contributed by atoms with Gasteiger partial charge in [-0.05, 0) is 6.92 Å². The lowest BCUT2D eigenvalue weighted by molar-refractivity contribution is -0.674. The van der Waals surface area contributed by atoms with Crippen LogP contribution >= 0.6 is 0 Å². The van der Waals surface area contributed by atoms with Gasteiger partial charge in [-0.15, -0.1) is 0 Å². The minimum Gasteiger partial charge on any atom is -0.326 e. The zero-order chi connectivity index (χ0) is 9.26. The van der Waals surface area contributed by atoms with Gasteiger partial charge in [0.2, 0.25) is 6.33 Å². The Balaban J connectivity index is 2.41. The molecule has 0 spiro atoms. The summed E-state index contributed by atoms with van der Waals surface area (Å²) < 4.78 is 3.87. The fourth-order valence-corrected chi connectivity index (χ4v) is 1.25. The summed E-state index contributed by atoms with van der Waals surface area (Å²) in [5.74, 6) is 0. The summed E-state index contributed by atoms with van der Waals surface area (Å²) in [6, 6.07) is 8.38. The molecule has 66 valence electrons. The Morgan fingerprint density at radius 1 is 1.23 bits per heavy atom. The van der Waals surface area contributed by atoms with Gasteiger partial charge in [0, 0.05) is 12.4 Å². The molecule has 0 atom stereocenters. The van der Waals surface area contributed by atoms with Crippen molar-refractivity contribution in [3.05, 3.63) is 48.5 Å². The Kier molecular flexibility index (Phi) is 1.89. The summed E-state index contributed by atoms with van der Waals surface area (Å²) >= 11 is 0. The number of aromatic nitrogens is 2. The van der Waals surface area contributed by atoms with E-state index in [-0.39, 0.29) is 0 Å². The van der Waals surface area contributed by atoms with E-state index >= 15 is 0 Å². The van der Waals surface area contributed by atoms with Crippen molar-refractivity contribution in [2.45, 2.75) is 6.92 Å². The Morgan fingerprint density at radius 3 is 2.46 bits per heavy atom. The summed E-state index contributed by atoms with van der Waals surface area (Å²) in [6.07, 6.45) is 7.11. The Labute approximate surface area is 78.1 Å². The third kappa shape index (κ3) is 1.61. The molecule has 2 rings (SSSR count). The van der Waals surface area contributed by atoms with E-state index in [1.807, 2.05) is 28.6 Å². The first-order valence-electron chi connectivity index (χ1n) is 4.29. The highest BCUT2D eigenvalue weighted by Crippen LogP contribution is 2.06. The Morgan fingerprint density at radius 2 is 1.92 bits per heavy atom. The molecule has 0 saturated heterocycles. The molecule has 0 radical (unpaired) electrons. The lowest BCUT2D eigenvalue weighted by Gasteiger charge is -2.01. The standard InChI is InChI=1S/C11H12N2/c1-10-3-5-11(6-4-10)13-8-7-12(2)9-13/h3-8H,1-2H3. The van der Waals surface area contributed by atoms with Crippen molar-refractivity contribution in [1.29, 1.82) is 0 Å². The maximum atomic E-state index is 3.15. The molecule has 0 aliphatic rings. The fraction of sp³-hybridized carbons (Fsp3) is 0.182. The molecule has 0 bridgehead atoms. The van der Waals surface area contributed by atoms with Gasteiger partial charge >= 0.3 is 0 Å². The molecule has 13 heavy (non-hydrogen) atoms. The monoisotopic (exact) mass is 172 g/mol. The van der Waals surface area contributed by atoms with Crippen molar-refractivity contribution >= 4 is 0 Å². The molecule has 1 heterocycles. The van der Waals surface area contributed by atoms with E-state index in [9.17, 15) is 0 Å². The second-order valence-electron chi connectivity index (χ2n) is 3.21. The molecule has 0 N–H and O–H groups in total. The average molecular weight is 172 g/mol. The first kappa shape index (κ1) is 8.05. The van der Waals surface area contributed by atoms with Crippen LogP contribution in [-0.2, 0) is 7.05 Å². The van der Waals surface area contributed by atoms with Crippen molar-refractivity contribution in [3.63, 3.8) is 0 Å². The predicted octanol–water partition coefficient (Wildman–Crippen LogP) is 1.41. The minimum absolute atomic E-state index is 1.14. The van der Waals surface area contributed by atoms with Crippen LogP contribution in [0.2, 0.25) is 0 Å². The lowest BCUT2D eigenvalue weighted by Crippen LogP contribution is -2.24. The van der Waals surface area contributed by atoms with Crippen LogP contribution in [0.3, 0.4) is 0 Å².